The van der Waals surface area contributed by atoms with Crippen LogP contribution in [0.4, 0.5) is 0 Å². The number of benzene rings is 5. The maximum Gasteiger partial charge on any atom is 0.0142 e. The van der Waals surface area contributed by atoms with Crippen LogP contribution in [0.3, 0.4) is 0 Å². The van der Waals surface area contributed by atoms with E-state index in [1.807, 2.05) is 0 Å². The van der Waals surface area contributed by atoms with Crippen molar-refractivity contribution in [1.82, 2.24) is 0 Å². The van der Waals surface area contributed by atoms with Gasteiger partial charge in [0.15, 0.2) is 0 Å². The average Bonchev–Trinajstić information content (AvgIpc) is 3.07. The molecule has 0 heterocycles. The van der Waals surface area contributed by atoms with E-state index in [0.717, 1.165) is 6.42 Å². The monoisotopic (exact) mass is 330 g/mol. The van der Waals surface area contributed by atoms with E-state index >= 15 is 0 Å². The van der Waals surface area contributed by atoms with Crippen molar-refractivity contribution in [3.05, 3.63) is 108 Å². The first-order chi connectivity index (χ1) is 12.9. The number of hydrogen-bond acceptors (Lipinski definition) is 0. The van der Waals surface area contributed by atoms with E-state index in [1.165, 1.54) is 49.0 Å². The van der Waals surface area contributed by atoms with Gasteiger partial charge in [-0.2, -0.15) is 0 Å². The van der Waals surface area contributed by atoms with Gasteiger partial charge >= 0.3 is 0 Å². The second-order valence-corrected chi connectivity index (χ2v) is 7.39. The molecule has 6 rings (SSSR count). The molecule has 1 aliphatic carbocycles. The third kappa shape index (κ3) is 1.90. The highest BCUT2D eigenvalue weighted by molar-refractivity contribution is 6.01. The summed E-state index contributed by atoms with van der Waals surface area (Å²) in [5.41, 5.74) is 4.43. The highest BCUT2D eigenvalue weighted by Gasteiger charge is 2.26. The van der Waals surface area contributed by atoms with Gasteiger partial charge in [0.05, 0.1) is 0 Å². The van der Waals surface area contributed by atoms with E-state index in [2.05, 4.69) is 91.0 Å². The van der Waals surface area contributed by atoms with E-state index < -0.39 is 0 Å². The van der Waals surface area contributed by atoms with Gasteiger partial charge in [0.2, 0.25) is 0 Å². The molecule has 0 saturated heterocycles. The Balaban J connectivity index is 1.64. The van der Waals surface area contributed by atoms with Crippen LogP contribution in [0.5, 0.6) is 0 Å². The van der Waals surface area contributed by atoms with Gasteiger partial charge in [0, 0.05) is 5.92 Å². The molecule has 26 heavy (non-hydrogen) atoms. The van der Waals surface area contributed by atoms with Crippen LogP contribution in [-0.4, -0.2) is 0 Å². The molecular weight excluding hydrogens is 312 g/mol. The van der Waals surface area contributed by atoms with Crippen LogP contribution in [0, 0.1) is 0 Å². The van der Waals surface area contributed by atoms with Crippen molar-refractivity contribution in [2.24, 2.45) is 0 Å². The molecule has 0 radical (unpaired) electrons. The summed E-state index contributed by atoms with van der Waals surface area (Å²) < 4.78 is 0. The van der Waals surface area contributed by atoms with Gasteiger partial charge in [-0.15, -0.1) is 0 Å². The van der Waals surface area contributed by atoms with Crippen LogP contribution in [0.1, 0.15) is 22.6 Å². The van der Waals surface area contributed by atoms with Gasteiger partial charge in [-0.3, -0.25) is 0 Å². The Labute approximate surface area is 152 Å². The Hall–Kier alpha value is -3.12. The molecule has 0 nitrogen and oxygen atoms in total. The third-order valence-corrected chi connectivity index (χ3v) is 5.98. The molecule has 1 atom stereocenters. The standard InChI is InChI=1S/C26H18/c1-2-7-19-15-24-20(14-18(19)6-1)10-5-12-22(24)25-16-21-11-3-8-17-9-4-13-23(25)26(17)21/h1-15,25H,16H2. The van der Waals surface area contributed by atoms with Gasteiger partial charge in [0.1, 0.15) is 0 Å². The Morgan fingerprint density at radius 1 is 0.538 bits per heavy atom. The lowest BCUT2D eigenvalue weighted by molar-refractivity contribution is 0.856. The van der Waals surface area contributed by atoms with Crippen molar-refractivity contribution in [2.45, 2.75) is 12.3 Å². The van der Waals surface area contributed by atoms with Gasteiger partial charge < -0.3 is 0 Å². The van der Waals surface area contributed by atoms with Crippen LogP contribution in [0.2, 0.25) is 0 Å². The fourth-order valence-electron chi connectivity index (χ4n) is 4.81. The van der Waals surface area contributed by atoms with Crippen molar-refractivity contribution in [1.29, 1.82) is 0 Å². The molecule has 122 valence electrons. The fraction of sp³-hybridized carbons (Fsp3) is 0.0769. The minimum atomic E-state index is 0.445. The first kappa shape index (κ1) is 14.1. The summed E-state index contributed by atoms with van der Waals surface area (Å²) in [6, 6.07) is 33.7. The molecule has 0 heteroatoms. The van der Waals surface area contributed by atoms with E-state index in [9.17, 15) is 0 Å². The maximum atomic E-state index is 2.38. The van der Waals surface area contributed by atoms with E-state index in [4.69, 9.17) is 0 Å². The Kier molecular flexibility index (Phi) is 2.81. The molecule has 0 aromatic heterocycles. The van der Waals surface area contributed by atoms with E-state index in [0.29, 0.717) is 5.92 Å². The summed E-state index contributed by atoms with van der Waals surface area (Å²) in [4.78, 5) is 0. The predicted octanol–water partition coefficient (Wildman–Crippen LogP) is 6.83. The SMILES string of the molecule is c1ccc2cc3c(C4Cc5cccc6cccc4c56)cccc3cc2c1. The predicted molar refractivity (Wildman–Crippen MR) is 111 cm³/mol. The lowest BCUT2D eigenvalue weighted by Crippen LogP contribution is -2.00. The highest BCUT2D eigenvalue weighted by atomic mass is 14.3. The summed E-state index contributed by atoms with van der Waals surface area (Å²) in [5, 5.41) is 8.20. The molecule has 1 unspecified atom stereocenters. The molecule has 5 aromatic carbocycles. The van der Waals surface area contributed by atoms with Crippen molar-refractivity contribution >= 4 is 32.3 Å². The first-order valence-electron chi connectivity index (χ1n) is 9.30. The minimum Gasteiger partial charge on any atom is -0.0616 e. The third-order valence-electron chi connectivity index (χ3n) is 5.98. The van der Waals surface area contributed by atoms with E-state index in [-0.39, 0.29) is 0 Å². The zero-order valence-electron chi connectivity index (χ0n) is 14.4. The maximum absolute atomic E-state index is 2.38. The molecule has 0 bridgehead atoms. The lowest BCUT2D eigenvalue weighted by Gasteiger charge is -2.16. The van der Waals surface area contributed by atoms with Crippen molar-refractivity contribution < 1.29 is 0 Å². The number of hydrogen-bond donors (Lipinski definition) is 0. The molecule has 0 amide bonds. The van der Waals surface area contributed by atoms with Crippen molar-refractivity contribution in [2.75, 3.05) is 0 Å². The Morgan fingerprint density at radius 3 is 2.04 bits per heavy atom. The summed E-state index contributed by atoms with van der Waals surface area (Å²) in [6.07, 6.45) is 1.10. The molecule has 0 spiro atoms. The van der Waals surface area contributed by atoms with Gasteiger partial charge in [-0.05, 0) is 67.6 Å². The summed E-state index contributed by atoms with van der Waals surface area (Å²) >= 11 is 0. The molecule has 0 aliphatic heterocycles. The average molecular weight is 330 g/mol. The molecule has 0 saturated carbocycles. The smallest absolute Gasteiger partial charge is 0.0142 e. The van der Waals surface area contributed by atoms with Crippen LogP contribution in [-0.2, 0) is 6.42 Å². The zero-order valence-corrected chi connectivity index (χ0v) is 14.4. The molecule has 0 N–H and O–H groups in total. The van der Waals surface area contributed by atoms with Crippen molar-refractivity contribution in [3.8, 4) is 0 Å². The molecule has 1 aliphatic rings. The minimum absolute atomic E-state index is 0.445. The molecule has 5 aromatic rings. The topological polar surface area (TPSA) is 0 Å². The van der Waals surface area contributed by atoms with Crippen LogP contribution in [0.25, 0.3) is 32.3 Å². The van der Waals surface area contributed by atoms with Crippen molar-refractivity contribution in [3.63, 3.8) is 0 Å². The Morgan fingerprint density at radius 2 is 1.19 bits per heavy atom. The number of fused-ring (bicyclic) bond motifs is 2. The number of rotatable bonds is 1. The first-order valence-corrected chi connectivity index (χ1v) is 9.30. The molecular formula is C26H18. The van der Waals surface area contributed by atoms with E-state index in [1.54, 1.807) is 0 Å². The fourth-order valence-corrected chi connectivity index (χ4v) is 4.81. The lowest BCUT2D eigenvalue weighted by atomic mass is 9.87. The van der Waals surface area contributed by atoms with Gasteiger partial charge in [-0.1, -0.05) is 78.9 Å². The van der Waals surface area contributed by atoms with Gasteiger partial charge in [0.25, 0.3) is 0 Å². The van der Waals surface area contributed by atoms with Crippen LogP contribution >= 0.6 is 0 Å². The van der Waals surface area contributed by atoms with Crippen LogP contribution < -0.4 is 0 Å². The summed E-state index contributed by atoms with van der Waals surface area (Å²) in [6.45, 7) is 0. The normalized spacial score (nSPS) is 15.9. The van der Waals surface area contributed by atoms with Crippen LogP contribution in [0.15, 0.2) is 91.0 Å². The summed E-state index contributed by atoms with van der Waals surface area (Å²) in [7, 11) is 0. The second-order valence-electron chi connectivity index (χ2n) is 7.39. The zero-order chi connectivity index (χ0) is 17.1. The Bertz CT molecular complexity index is 1300. The molecule has 0 fully saturated rings. The second kappa shape index (κ2) is 5.19. The highest BCUT2D eigenvalue weighted by Crippen LogP contribution is 2.44. The largest absolute Gasteiger partial charge is 0.0616 e. The van der Waals surface area contributed by atoms with Gasteiger partial charge in [-0.25, -0.2) is 0 Å². The summed E-state index contributed by atoms with van der Waals surface area (Å²) in [5.74, 6) is 0.445. The quantitative estimate of drug-likeness (QED) is 0.295.